The van der Waals surface area contributed by atoms with Crippen molar-refractivity contribution in [2.45, 2.75) is 6.54 Å². The van der Waals surface area contributed by atoms with Gasteiger partial charge in [-0.2, -0.15) is 0 Å². The maximum atomic E-state index is 7.36. The van der Waals surface area contributed by atoms with Crippen molar-refractivity contribution in [2.24, 2.45) is 5.73 Å². The SMILES string of the molecule is N=CC(=CN)c1ccc(N)c(NCc2ccc3ncccc3c2)n1. The number of anilines is 2. The minimum atomic E-state index is 0.537. The van der Waals surface area contributed by atoms with E-state index in [1.807, 2.05) is 24.3 Å². The molecule has 0 aliphatic carbocycles. The Kier molecular flexibility index (Phi) is 4.38. The molecule has 0 aliphatic heterocycles. The topological polar surface area (TPSA) is 114 Å². The molecule has 0 saturated heterocycles. The lowest BCUT2D eigenvalue weighted by Gasteiger charge is -2.11. The summed E-state index contributed by atoms with van der Waals surface area (Å²) >= 11 is 0. The van der Waals surface area contributed by atoms with Gasteiger partial charge in [0.15, 0.2) is 0 Å². The molecular formula is C18H18N6. The molecule has 3 aromatic rings. The van der Waals surface area contributed by atoms with Gasteiger partial charge in [0, 0.05) is 36.1 Å². The molecule has 0 radical (unpaired) electrons. The number of nitrogens with two attached hydrogens (primary N) is 2. The number of nitrogens with one attached hydrogen (secondary N) is 2. The van der Waals surface area contributed by atoms with Crippen molar-refractivity contribution in [3.8, 4) is 0 Å². The van der Waals surface area contributed by atoms with Crippen LogP contribution in [0.2, 0.25) is 0 Å². The van der Waals surface area contributed by atoms with Crippen LogP contribution < -0.4 is 16.8 Å². The van der Waals surface area contributed by atoms with Crippen LogP contribution in [0.3, 0.4) is 0 Å². The summed E-state index contributed by atoms with van der Waals surface area (Å²) < 4.78 is 0. The van der Waals surface area contributed by atoms with E-state index in [-0.39, 0.29) is 0 Å². The van der Waals surface area contributed by atoms with E-state index in [9.17, 15) is 0 Å². The fraction of sp³-hybridized carbons (Fsp3) is 0.0556. The van der Waals surface area contributed by atoms with E-state index in [4.69, 9.17) is 16.9 Å². The Bertz CT molecular complexity index is 916. The molecule has 0 spiro atoms. The van der Waals surface area contributed by atoms with E-state index < -0.39 is 0 Å². The zero-order valence-corrected chi connectivity index (χ0v) is 13.0. The van der Waals surface area contributed by atoms with E-state index in [1.54, 1.807) is 18.3 Å². The second-order valence-electron chi connectivity index (χ2n) is 5.28. The first-order valence-corrected chi connectivity index (χ1v) is 7.48. The summed E-state index contributed by atoms with van der Waals surface area (Å²) in [7, 11) is 0. The fourth-order valence-electron chi connectivity index (χ4n) is 2.40. The number of rotatable bonds is 5. The van der Waals surface area contributed by atoms with Gasteiger partial charge in [0.2, 0.25) is 0 Å². The van der Waals surface area contributed by atoms with Gasteiger partial charge in [-0.15, -0.1) is 0 Å². The summed E-state index contributed by atoms with van der Waals surface area (Å²) in [4.78, 5) is 8.76. The lowest BCUT2D eigenvalue weighted by atomic mass is 10.1. The van der Waals surface area contributed by atoms with Crippen LogP contribution in [0.5, 0.6) is 0 Å². The van der Waals surface area contributed by atoms with Crippen LogP contribution in [0.15, 0.2) is 54.9 Å². The number of benzene rings is 1. The van der Waals surface area contributed by atoms with E-state index in [0.717, 1.165) is 16.5 Å². The number of fused-ring (bicyclic) bond motifs is 1. The van der Waals surface area contributed by atoms with Crippen LogP contribution in [0, 0.1) is 5.41 Å². The molecule has 0 aliphatic rings. The van der Waals surface area contributed by atoms with Crippen LogP contribution >= 0.6 is 0 Å². The Balaban J connectivity index is 1.82. The maximum Gasteiger partial charge on any atom is 0.150 e. The molecule has 0 saturated carbocycles. The number of hydrogen-bond donors (Lipinski definition) is 4. The molecule has 1 aromatic carbocycles. The largest absolute Gasteiger partial charge is 0.404 e. The molecule has 0 amide bonds. The second kappa shape index (κ2) is 6.78. The number of aromatic nitrogens is 2. The highest BCUT2D eigenvalue weighted by molar-refractivity contribution is 6.07. The molecule has 6 nitrogen and oxygen atoms in total. The number of pyridine rings is 2. The third kappa shape index (κ3) is 3.17. The van der Waals surface area contributed by atoms with Gasteiger partial charge in [-0.25, -0.2) is 4.98 Å². The molecule has 0 atom stereocenters. The van der Waals surface area contributed by atoms with Crippen molar-refractivity contribution < 1.29 is 0 Å². The maximum absolute atomic E-state index is 7.36. The van der Waals surface area contributed by atoms with Gasteiger partial charge in [0.05, 0.1) is 16.9 Å². The van der Waals surface area contributed by atoms with Crippen LogP contribution in [0.1, 0.15) is 11.3 Å². The van der Waals surface area contributed by atoms with Crippen LogP contribution in [-0.2, 0) is 6.54 Å². The average Bonchev–Trinajstić information content (AvgIpc) is 2.62. The van der Waals surface area contributed by atoms with Crippen molar-refractivity contribution in [1.82, 2.24) is 9.97 Å². The van der Waals surface area contributed by atoms with E-state index in [1.165, 1.54) is 12.4 Å². The highest BCUT2D eigenvalue weighted by Crippen LogP contribution is 2.21. The molecule has 0 unspecified atom stereocenters. The predicted octanol–water partition coefficient (Wildman–Crippen LogP) is 2.77. The minimum Gasteiger partial charge on any atom is -0.404 e. The molecule has 6 heteroatoms. The molecule has 6 N–H and O–H groups in total. The van der Waals surface area contributed by atoms with Crippen molar-refractivity contribution >= 4 is 34.2 Å². The van der Waals surface area contributed by atoms with Gasteiger partial charge in [-0.1, -0.05) is 12.1 Å². The molecule has 120 valence electrons. The summed E-state index contributed by atoms with van der Waals surface area (Å²) in [6, 6.07) is 13.5. The highest BCUT2D eigenvalue weighted by atomic mass is 15.0. The van der Waals surface area contributed by atoms with Crippen LogP contribution in [-0.4, -0.2) is 16.2 Å². The third-order valence-electron chi connectivity index (χ3n) is 3.68. The number of nitrogens with zero attached hydrogens (tertiary/aromatic N) is 2. The first-order chi connectivity index (χ1) is 11.7. The zero-order chi connectivity index (χ0) is 16.9. The summed E-state index contributed by atoms with van der Waals surface area (Å²) in [5.74, 6) is 0.569. The molecule has 0 fully saturated rings. The molecular weight excluding hydrogens is 300 g/mol. The summed E-state index contributed by atoms with van der Waals surface area (Å²) in [5.41, 5.74) is 15.2. The van der Waals surface area contributed by atoms with E-state index in [2.05, 4.69) is 21.4 Å². The number of nitrogen functional groups attached to an aromatic ring is 1. The third-order valence-corrected chi connectivity index (χ3v) is 3.68. The smallest absolute Gasteiger partial charge is 0.150 e. The average molecular weight is 318 g/mol. The Morgan fingerprint density at radius 3 is 2.88 bits per heavy atom. The van der Waals surface area contributed by atoms with Crippen molar-refractivity contribution in [3.05, 3.63) is 66.1 Å². The van der Waals surface area contributed by atoms with Crippen LogP contribution in [0.25, 0.3) is 16.5 Å². The molecule has 2 aromatic heterocycles. The summed E-state index contributed by atoms with van der Waals surface area (Å²) in [5, 5.41) is 11.7. The minimum absolute atomic E-state index is 0.537. The van der Waals surface area contributed by atoms with E-state index >= 15 is 0 Å². The first-order valence-electron chi connectivity index (χ1n) is 7.48. The first kappa shape index (κ1) is 15.5. The Morgan fingerprint density at radius 1 is 1.21 bits per heavy atom. The Labute approximate surface area is 139 Å². The fourth-order valence-corrected chi connectivity index (χ4v) is 2.40. The van der Waals surface area contributed by atoms with E-state index in [0.29, 0.717) is 29.3 Å². The lowest BCUT2D eigenvalue weighted by molar-refractivity contribution is 1.11. The van der Waals surface area contributed by atoms with Crippen molar-refractivity contribution in [3.63, 3.8) is 0 Å². The van der Waals surface area contributed by atoms with Crippen molar-refractivity contribution in [1.29, 1.82) is 5.41 Å². The lowest BCUT2D eigenvalue weighted by Crippen LogP contribution is -2.06. The van der Waals surface area contributed by atoms with Crippen molar-refractivity contribution in [2.75, 3.05) is 11.1 Å². The number of allylic oxidation sites excluding steroid dienone is 1. The van der Waals surface area contributed by atoms with Crippen LogP contribution in [0.4, 0.5) is 11.5 Å². The van der Waals surface area contributed by atoms with Gasteiger partial charge < -0.3 is 22.2 Å². The molecule has 24 heavy (non-hydrogen) atoms. The van der Waals surface area contributed by atoms with Gasteiger partial charge in [-0.05, 0) is 35.9 Å². The molecule has 2 heterocycles. The zero-order valence-electron chi connectivity index (χ0n) is 13.0. The Morgan fingerprint density at radius 2 is 2.08 bits per heavy atom. The summed E-state index contributed by atoms with van der Waals surface area (Å²) in [6.45, 7) is 0.581. The predicted molar refractivity (Wildman–Crippen MR) is 98.7 cm³/mol. The number of hydrogen-bond acceptors (Lipinski definition) is 6. The van der Waals surface area contributed by atoms with Gasteiger partial charge in [0.25, 0.3) is 0 Å². The van der Waals surface area contributed by atoms with Gasteiger partial charge in [0.1, 0.15) is 5.82 Å². The Hall–Kier alpha value is -3.41. The normalized spacial score (nSPS) is 11.4. The van der Waals surface area contributed by atoms with Gasteiger partial charge in [-0.3, -0.25) is 4.98 Å². The second-order valence-corrected chi connectivity index (χ2v) is 5.28. The summed E-state index contributed by atoms with van der Waals surface area (Å²) in [6.07, 6.45) is 4.30. The van der Waals surface area contributed by atoms with Gasteiger partial charge >= 0.3 is 0 Å². The molecule has 3 rings (SSSR count). The highest BCUT2D eigenvalue weighted by Gasteiger charge is 2.06. The monoisotopic (exact) mass is 318 g/mol. The standard InChI is InChI=1S/C18H18N6/c19-9-14(10-20)17-6-4-15(21)18(24-17)23-11-12-3-5-16-13(8-12)2-1-7-22-16/h1-10,19H,11,20-21H2,(H,23,24). The molecule has 0 bridgehead atoms. The quantitative estimate of drug-likeness (QED) is 0.540.